The number of nitrogens with two attached hydrogens (primary N) is 1. The lowest BCUT2D eigenvalue weighted by Gasteiger charge is -2.36. The molecule has 6 heteroatoms. The van der Waals surface area contributed by atoms with Crippen LogP contribution in [0, 0.1) is 0 Å². The fraction of sp³-hybridized carbons (Fsp3) is 0.433. The van der Waals surface area contributed by atoms with E-state index in [0.29, 0.717) is 13.2 Å². The second-order valence-electron chi connectivity index (χ2n) is 9.91. The van der Waals surface area contributed by atoms with E-state index in [9.17, 15) is 4.79 Å². The van der Waals surface area contributed by atoms with E-state index in [1.807, 2.05) is 6.07 Å². The standard InChI is InChI=1S/C30H36N2O4/c1-34-24-14-15-26-22(17-24)9-4-11-25(26)23-19-35-30(36-20-23)13-6-16-32(18-29(31)33)28-12-5-8-21-7-2-3-10-27(21)28/h2-4,7,9-11,14-15,17,23,28,30H,5-6,8,12-13,16,18-20H2,1H3,(H2,31,33). The first-order chi connectivity index (χ1) is 17.6. The minimum absolute atomic E-state index is 0.198. The van der Waals surface area contributed by atoms with Gasteiger partial charge in [0.25, 0.3) is 0 Å². The highest BCUT2D eigenvalue weighted by Crippen LogP contribution is 2.35. The van der Waals surface area contributed by atoms with E-state index in [1.165, 1.54) is 22.1 Å². The lowest BCUT2D eigenvalue weighted by atomic mass is 9.86. The maximum atomic E-state index is 11.9. The highest BCUT2D eigenvalue weighted by Gasteiger charge is 2.28. The number of hydrogen-bond acceptors (Lipinski definition) is 5. The normalized spacial score (nSPS) is 21.9. The molecule has 2 N–H and O–H groups in total. The highest BCUT2D eigenvalue weighted by atomic mass is 16.7. The first-order valence-corrected chi connectivity index (χ1v) is 13.0. The van der Waals surface area contributed by atoms with Crippen molar-refractivity contribution in [2.45, 2.75) is 50.4 Å². The van der Waals surface area contributed by atoms with Gasteiger partial charge in [-0.1, -0.05) is 48.5 Å². The summed E-state index contributed by atoms with van der Waals surface area (Å²) in [6, 6.07) is 21.4. The Hall–Kier alpha value is -2.93. The molecule has 3 aromatic carbocycles. The van der Waals surface area contributed by atoms with Gasteiger partial charge in [0, 0.05) is 12.0 Å². The summed E-state index contributed by atoms with van der Waals surface area (Å²) >= 11 is 0. The molecule has 5 rings (SSSR count). The van der Waals surface area contributed by atoms with Gasteiger partial charge < -0.3 is 19.9 Å². The van der Waals surface area contributed by atoms with Crippen molar-refractivity contribution in [3.8, 4) is 5.75 Å². The summed E-state index contributed by atoms with van der Waals surface area (Å²) in [6.07, 6.45) is 4.75. The molecule has 0 aromatic heterocycles. The molecular formula is C30H36N2O4. The van der Waals surface area contributed by atoms with Crippen LogP contribution < -0.4 is 10.5 Å². The van der Waals surface area contributed by atoms with Gasteiger partial charge in [0.15, 0.2) is 6.29 Å². The Morgan fingerprint density at radius 2 is 1.86 bits per heavy atom. The van der Waals surface area contributed by atoms with Crippen molar-refractivity contribution in [1.82, 2.24) is 4.90 Å². The molecule has 1 aliphatic carbocycles. The van der Waals surface area contributed by atoms with Gasteiger partial charge in [-0.15, -0.1) is 0 Å². The van der Waals surface area contributed by atoms with Crippen LogP contribution >= 0.6 is 0 Å². The summed E-state index contributed by atoms with van der Waals surface area (Å²) in [4.78, 5) is 14.1. The third-order valence-corrected chi connectivity index (χ3v) is 7.55. The zero-order valence-corrected chi connectivity index (χ0v) is 21.0. The Bertz CT molecular complexity index is 1190. The zero-order chi connectivity index (χ0) is 24.9. The Balaban J connectivity index is 1.17. The number of methoxy groups -OCH3 is 1. The van der Waals surface area contributed by atoms with Crippen LogP contribution in [0.3, 0.4) is 0 Å². The Labute approximate surface area is 213 Å². The molecule has 0 bridgehead atoms. The largest absolute Gasteiger partial charge is 0.497 e. The highest BCUT2D eigenvalue weighted by molar-refractivity contribution is 5.87. The quantitative estimate of drug-likeness (QED) is 0.461. The van der Waals surface area contributed by atoms with Gasteiger partial charge in [0.2, 0.25) is 5.91 Å². The van der Waals surface area contributed by atoms with E-state index in [2.05, 4.69) is 59.5 Å². The van der Waals surface area contributed by atoms with Crippen LogP contribution in [0.4, 0.5) is 0 Å². The third-order valence-electron chi connectivity index (χ3n) is 7.55. The van der Waals surface area contributed by atoms with Gasteiger partial charge in [-0.2, -0.15) is 0 Å². The van der Waals surface area contributed by atoms with Crippen LogP contribution in [0.15, 0.2) is 60.7 Å². The Morgan fingerprint density at radius 1 is 1.06 bits per heavy atom. The molecule has 1 amide bonds. The topological polar surface area (TPSA) is 74.0 Å². The number of amides is 1. The molecule has 3 aromatic rings. The zero-order valence-electron chi connectivity index (χ0n) is 21.0. The minimum Gasteiger partial charge on any atom is -0.497 e. The second kappa shape index (κ2) is 11.4. The first kappa shape index (κ1) is 24.8. The van der Waals surface area contributed by atoms with Gasteiger partial charge in [0.1, 0.15) is 5.75 Å². The summed E-state index contributed by atoms with van der Waals surface area (Å²) < 4.78 is 17.7. The van der Waals surface area contributed by atoms with Crippen molar-refractivity contribution in [3.63, 3.8) is 0 Å². The summed E-state index contributed by atoms with van der Waals surface area (Å²) in [5.41, 5.74) is 9.60. The number of nitrogens with zero attached hydrogens (tertiary/aromatic N) is 1. The molecule has 1 fully saturated rings. The van der Waals surface area contributed by atoms with E-state index < -0.39 is 0 Å². The van der Waals surface area contributed by atoms with E-state index in [-0.39, 0.29) is 30.7 Å². The number of rotatable bonds is 9. The van der Waals surface area contributed by atoms with Crippen LogP contribution in [0.25, 0.3) is 10.8 Å². The molecule has 6 nitrogen and oxygen atoms in total. The lowest BCUT2D eigenvalue weighted by molar-refractivity contribution is -0.190. The van der Waals surface area contributed by atoms with Crippen molar-refractivity contribution in [1.29, 1.82) is 0 Å². The molecule has 0 spiro atoms. The molecule has 1 unspecified atom stereocenters. The summed E-state index contributed by atoms with van der Waals surface area (Å²) in [5, 5.41) is 2.37. The lowest BCUT2D eigenvalue weighted by Crippen LogP contribution is -2.39. The van der Waals surface area contributed by atoms with Crippen LogP contribution in [-0.2, 0) is 20.7 Å². The number of carbonyl (C=O) groups excluding carboxylic acids is 1. The molecule has 2 aliphatic rings. The summed E-state index contributed by atoms with van der Waals surface area (Å²) in [7, 11) is 1.69. The first-order valence-electron chi connectivity index (χ1n) is 13.0. The SMILES string of the molecule is COc1ccc2c(C3COC(CCCN(CC(N)=O)C4CCCc5ccccc54)OC3)cccc2c1. The van der Waals surface area contributed by atoms with Crippen LogP contribution in [0.1, 0.15) is 54.3 Å². The predicted molar refractivity (Wildman–Crippen MR) is 141 cm³/mol. The number of fused-ring (bicyclic) bond motifs is 2. The second-order valence-corrected chi connectivity index (χ2v) is 9.91. The number of benzene rings is 3. The fourth-order valence-corrected chi connectivity index (χ4v) is 5.77. The molecule has 1 saturated heterocycles. The molecule has 1 atom stereocenters. The number of carbonyl (C=O) groups is 1. The van der Waals surface area contributed by atoms with E-state index >= 15 is 0 Å². The van der Waals surface area contributed by atoms with Gasteiger partial charge >= 0.3 is 0 Å². The number of primary amides is 1. The van der Waals surface area contributed by atoms with Crippen LogP contribution in [-0.4, -0.2) is 50.5 Å². The molecule has 190 valence electrons. The van der Waals surface area contributed by atoms with E-state index in [1.54, 1.807) is 7.11 Å². The number of aryl methyl sites for hydroxylation is 1. The average molecular weight is 489 g/mol. The van der Waals surface area contributed by atoms with Gasteiger partial charge in [-0.05, 0) is 78.2 Å². The van der Waals surface area contributed by atoms with E-state index in [0.717, 1.165) is 49.8 Å². The van der Waals surface area contributed by atoms with Crippen molar-refractivity contribution in [2.24, 2.45) is 5.73 Å². The third kappa shape index (κ3) is 5.56. The maximum Gasteiger partial charge on any atom is 0.231 e. The van der Waals surface area contributed by atoms with Crippen molar-refractivity contribution < 1.29 is 19.0 Å². The number of hydrogen-bond donors (Lipinski definition) is 1. The summed E-state index contributed by atoms with van der Waals surface area (Å²) in [5.74, 6) is 0.778. The van der Waals surface area contributed by atoms with Crippen molar-refractivity contribution in [2.75, 3.05) is 33.4 Å². The molecule has 0 radical (unpaired) electrons. The molecule has 0 saturated carbocycles. The molecule has 1 aliphatic heterocycles. The van der Waals surface area contributed by atoms with Gasteiger partial charge in [-0.25, -0.2) is 0 Å². The maximum absolute atomic E-state index is 11.9. The monoisotopic (exact) mass is 488 g/mol. The number of ether oxygens (including phenoxy) is 3. The van der Waals surface area contributed by atoms with Crippen molar-refractivity contribution in [3.05, 3.63) is 77.4 Å². The molecule has 36 heavy (non-hydrogen) atoms. The van der Waals surface area contributed by atoms with Crippen LogP contribution in [0.2, 0.25) is 0 Å². The average Bonchev–Trinajstić information content (AvgIpc) is 2.91. The van der Waals surface area contributed by atoms with Crippen LogP contribution in [0.5, 0.6) is 5.75 Å². The molecule has 1 heterocycles. The predicted octanol–water partition coefficient (Wildman–Crippen LogP) is 4.95. The van der Waals surface area contributed by atoms with E-state index in [4.69, 9.17) is 19.9 Å². The Morgan fingerprint density at radius 3 is 2.67 bits per heavy atom. The van der Waals surface area contributed by atoms with Crippen molar-refractivity contribution >= 4 is 16.7 Å². The van der Waals surface area contributed by atoms with Gasteiger partial charge in [-0.3, -0.25) is 9.69 Å². The smallest absolute Gasteiger partial charge is 0.231 e. The minimum atomic E-state index is -0.279. The molecular weight excluding hydrogens is 452 g/mol. The summed E-state index contributed by atoms with van der Waals surface area (Å²) in [6.45, 7) is 2.34. The van der Waals surface area contributed by atoms with Gasteiger partial charge in [0.05, 0.1) is 26.9 Å². The Kier molecular flexibility index (Phi) is 7.85. The fourth-order valence-electron chi connectivity index (χ4n) is 5.77.